The van der Waals surface area contributed by atoms with Crippen molar-refractivity contribution in [2.75, 3.05) is 17.3 Å². The molecule has 0 radical (unpaired) electrons. The van der Waals surface area contributed by atoms with E-state index in [9.17, 15) is 19.2 Å². The van der Waals surface area contributed by atoms with Crippen molar-refractivity contribution < 1.29 is 23.9 Å². The molecule has 1 saturated heterocycles. The first-order valence-corrected chi connectivity index (χ1v) is 14.0. The van der Waals surface area contributed by atoms with Gasteiger partial charge in [-0.2, -0.15) is 0 Å². The van der Waals surface area contributed by atoms with Crippen LogP contribution in [0.5, 0.6) is 5.75 Å². The molecule has 4 aromatic carbocycles. The van der Waals surface area contributed by atoms with E-state index >= 15 is 0 Å². The molecule has 1 fully saturated rings. The van der Waals surface area contributed by atoms with Crippen LogP contribution in [0.15, 0.2) is 120 Å². The molecule has 1 heterocycles. The molecular formula is C33H27N3O5S. The third-order valence-corrected chi connectivity index (χ3v) is 7.64. The Morgan fingerprint density at radius 2 is 1.57 bits per heavy atom. The average molecular weight is 578 g/mol. The predicted molar refractivity (Wildman–Crippen MR) is 163 cm³/mol. The van der Waals surface area contributed by atoms with Gasteiger partial charge >= 0.3 is 0 Å². The van der Waals surface area contributed by atoms with Gasteiger partial charge in [0.25, 0.3) is 11.8 Å². The third-order valence-electron chi connectivity index (χ3n) is 6.44. The molecule has 42 heavy (non-hydrogen) atoms. The number of benzene rings is 4. The van der Waals surface area contributed by atoms with Gasteiger partial charge in [-0.3, -0.25) is 19.2 Å². The monoisotopic (exact) mass is 577 g/mol. The number of ether oxygens (including phenoxy) is 1. The van der Waals surface area contributed by atoms with E-state index in [1.807, 2.05) is 6.07 Å². The molecule has 0 saturated carbocycles. The standard InChI is InChI=1S/C33H27N3O5S/c1-41-26-14-8-9-22(19-26)20-28(35-31(38)23-10-4-2-5-11-23)32(39)34-24-15-17-27(18-16-24)42-29-21-30(37)36(33(29)40)25-12-6-3-7-13-25/h2-20,29H,21H2,1H3,(H,34,39)(H,35,38)/b28-20-. The van der Waals surface area contributed by atoms with Crippen LogP contribution < -0.4 is 20.3 Å². The molecule has 9 heteroatoms. The van der Waals surface area contributed by atoms with Crippen molar-refractivity contribution in [2.45, 2.75) is 16.6 Å². The maximum absolute atomic E-state index is 13.3. The zero-order valence-corrected chi connectivity index (χ0v) is 23.5. The van der Waals surface area contributed by atoms with Gasteiger partial charge in [-0.25, -0.2) is 4.90 Å². The lowest BCUT2D eigenvalue weighted by atomic mass is 10.1. The number of carbonyl (C=O) groups is 4. The molecule has 0 bridgehead atoms. The first kappa shape index (κ1) is 28.4. The van der Waals surface area contributed by atoms with Crippen molar-refractivity contribution in [3.05, 3.63) is 126 Å². The first-order chi connectivity index (χ1) is 20.4. The van der Waals surface area contributed by atoms with E-state index in [0.29, 0.717) is 28.3 Å². The number of hydrogen-bond donors (Lipinski definition) is 2. The van der Waals surface area contributed by atoms with Crippen molar-refractivity contribution in [1.82, 2.24) is 5.32 Å². The predicted octanol–water partition coefficient (Wildman–Crippen LogP) is 5.53. The van der Waals surface area contributed by atoms with E-state index in [0.717, 1.165) is 4.90 Å². The third kappa shape index (κ3) is 6.76. The average Bonchev–Trinajstić information content (AvgIpc) is 3.30. The van der Waals surface area contributed by atoms with Crippen LogP contribution in [0.3, 0.4) is 0 Å². The summed E-state index contributed by atoms with van der Waals surface area (Å²) in [4.78, 5) is 53.8. The molecule has 1 aliphatic rings. The van der Waals surface area contributed by atoms with Gasteiger partial charge in [0, 0.05) is 22.6 Å². The maximum Gasteiger partial charge on any atom is 0.272 e. The summed E-state index contributed by atoms with van der Waals surface area (Å²) in [5.74, 6) is -0.819. The Kier molecular flexibility index (Phi) is 8.79. The molecule has 1 aliphatic heterocycles. The summed E-state index contributed by atoms with van der Waals surface area (Å²) in [5, 5.41) is 5.00. The highest BCUT2D eigenvalue weighted by molar-refractivity contribution is 8.00. The van der Waals surface area contributed by atoms with Gasteiger partial charge in [0.15, 0.2) is 0 Å². The van der Waals surface area contributed by atoms with Crippen molar-refractivity contribution in [1.29, 1.82) is 0 Å². The summed E-state index contributed by atoms with van der Waals surface area (Å²) in [7, 11) is 1.55. The SMILES string of the molecule is COc1cccc(/C=C(\NC(=O)c2ccccc2)C(=O)Nc2ccc(SC3CC(=O)N(c4ccccc4)C3=O)cc2)c1. The Bertz CT molecular complexity index is 1640. The minimum atomic E-state index is -0.538. The normalized spacial score (nSPS) is 14.9. The highest BCUT2D eigenvalue weighted by Gasteiger charge is 2.40. The van der Waals surface area contributed by atoms with Crippen LogP contribution in [0.4, 0.5) is 11.4 Å². The fourth-order valence-electron chi connectivity index (χ4n) is 4.36. The minimum Gasteiger partial charge on any atom is -0.497 e. The molecule has 0 aliphatic carbocycles. The van der Waals surface area contributed by atoms with Gasteiger partial charge < -0.3 is 15.4 Å². The number of rotatable bonds is 9. The Morgan fingerprint density at radius 3 is 2.26 bits per heavy atom. The van der Waals surface area contributed by atoms with Gasteiger partial charge in [0.2, 0.25) is 11.8 Å². The Hall–Kier alpha value is -5.15. The molecule has 2 N–H and O–H groups in total. The topological polar surface area (TPSA) is 105 Å². The fraction of sp³-hybridized carbons (Fsp3) is 0.0909. The number of nitrogens with zero attached hydrogens (tertiary/aromatic N) is 1. The molecule has 0 spiro atoms. The lowest BCUT2D eigenvalue weighted by Gasteiger charge is -2.15. The zero-order chi connectivity index (χ0) is 29.5. The molecule has 210 valence electrons. The van der Waals surface area contributed by atoms with Crippen molar-refractivity contribution in [3.8, 4) is 5.75 Å². The fourth-order valence-corrected chi connectivity index (χ4v) is 5.42. The van der Waals surface area contributed by atoms with E-state index in [1.165, 1.54) is 16.7 Å². The number of anilines is 2. The Balaban J connectivity index is 1.29. The molecule has 5 rings (SSSR count). The summed E-state index contributed by atoms with van der Waals surface area (Å²) < 4.78 is 5.28. The number of thioether (sulfide) groups is 1. The van der Waals surface area contributed by atoms with Crippen molar-refractivity contribution in [3.63, 3.8) is 0 Å². The van der Waals surface area contributed by atoms with E-state index in [2.05, 4.69) is 10.6 Å². The van der Waals surface area contributed by atoms with Crippen LogP contribution in [-0.4, -0.2) is 36.0 Å². The van der Waals surface area contributed by atoms with Crippen LogP contribution >= 0.6 is 11.8 Å². The highest BCUT2D eigenvalue weighted by Crippen LogP contribution is 2.34. The maximum atomic E-state index is 13.3. The molecule has 4 aromatic rings. The summed E-state index contributed by atoms with van der Waals surface area (Å²) in [6.07, 6.45) is 1.68. The smallest absolute Gasteiger partial charge is 0.272 e. The second-order valence-electron chi connectivity index (χ2n) is 9.35. The van der Waals surface area contributed by atoms with Crippen LogP contribution in [0, 0.1) is 0 Å². The minimum absolute atomic E-state index is 0.0478. The van der Waals surface area contributed by atoms with E-state index in [-0.39, 0.29) is 23.9 Å². The number of carbonyl (C=O) groups excluding carboxylic acids is 4. The highest BCUT2D eigenvalue weighted by atomic mass is 32.2. The Labute approximate surface area is 247 Å². The number of imide groups is 1. The van der Waals surface area contributed by atoms with E-state index < -0.39 is 17.1 Å². The van der Waals surface area contributed by atoms with Gasteiger partial charge in [-0.05, 0) is 72.3 Å². The molecule has 8 nitrogen and oxygen atoms in total. The number of methoxy groups -OCH3 is 1. The molecule has 4 amide bonds. The summed E-state index contributed by atoms with van der Waals surface area (Å²) >= 11 is 1.30. The van der Waals surface area contributed by atoms with E-state index in [1.54, 1.807) is 116 Å². The van der Waals surface area contributed by atoms with E-state index in [4.69, 9.17) is 4.74 Å². The van der Waals surface area contributed by atoms with Gasteiger partial charge in [0.1, 0.15) is 11.4 Å². The molecule has 1 atom stereocenters. The van der Waals surface area contributed by atoms with Gasteiger partial charge in [-0.15, -0.1) is 11.8 Å². The first-order valence-electron chi connectivity index (χ1n) is 13.1. The quantitative estimate of drug-likeness (QED) is 0.200. The second kappa shape index (κ2) is 13.0. The molecule has 0 aromatic heterocycles. The number of amides is 4. The number of hydrogen-bond acceptors (Lipinski definition) is 6. The summed E-state index contributed by atoms with van der Waals surface area (Å²) in [6, 6.07) is 31.6. The number of para-hydroxylation sites is 1. The number of nitrogens with one attached hydrogen (secondary N) is 2. The van der Waals surface area contributed by atoms with Crippen LogP contribution in [0.25, 0.3) is 6.08 Å². The lowest BCUT2D eigenvalue weighted by Crippen LogP contribution is -2.31. The Morgan fingerprint density at radius 1 is 0.881 bits per heavy atom. The molecule has 1 unspecified atom stereocenters. The molecular weight excluding hydrogens is 550 g/mol. The lowest BCUT2D eigenvalue weighted by molar-refractivity contribution is -0.121. The van der Waals surface area contributed by atoms with Crippen LogP contribution in [0.2, 0.25) is 0 Å². The second-order valence-corrected chi connectivity index (χ2v) is 10.6. The van der Waals surface area contributed by atoms with Crippen molar-refractivity contribution in [2.24, 2.45) is 0 Å². The van der Waals surface area contributed by atoms with Gasteiger partial charge in [-0.1, -0.05) is 48.5 Å². The summed E-state index contributed by atoms with van der Waals surface area (Å²) in [6.45, 7) is 0. The largest absolute Gasteiger partial charge is 0.497 e. The van der Waals surface area contributed by atoms with Crippen LogP contribution in [-0.2, 0) is 14.4 Å². The van der Waals surface area contributed by atoms with Crippen molar-refractivity contribution >= 4 is 52.8 Å². The summed E-state index contributed by atoms with van der Waals surface area (Å²) in [5.41, 5.74) is 2.18. The van der Waals surface area contributed by atoms with Crippen LogP contribution in [0.1, 0.15) is 22.3 Å². The zero-order valence-electron chi connectivity index (χ0n) is 22.7. The van der Waals surface area contributed by atoms with Gasteiger partial charge in [0.05, 0.1) is 18.0 Å².